The minimum Gasteiger partial charge on any atom is -0.490 e. The molecule has 1 N–H and O–H groups in total. The van der Waals surface area contributed by atoms with Crippen molar-refractivity contribution in [3.8, 4) is 5.75 Å². The van der Waals surface area contributed by atoms with Gasteiger partial charge in [0.15, 0.2) is 0 Å². The molecule has 6 atom stereocenters. The average molecular weight is 753 g/mol. The number of hydrogen-bond acceptors (Lipinski definition) is 8. The van der Waals surface area contributed by atoms with Crippen molar-refractivity contribution >= 4 is 33.2 Å². The zero-order chi connectivity index (χ0) is 37.1. The van der Waals surface area contributed by atoms with Crippen LogP contribution >= 0.6 is 11.6 Å². The molecular weight excluding hydrogens is 696 g/mol. The molecule has 2 fully saturated rings. The second-order valence-corrected chi connectivity index (χ2v) is 19.5. The standard InChI is InChI=1S/C41H57ClN4O5S/c1-28-9-7-18-41(50-6,19-20-45-24-39(3,25-45)44(4)5)35-14-11-32(35)23-46-26-40(17-8-10-30-21-33(42)13-15-34(30)40)27-51-37-16-12-31(22-36(37)46)38(47)43-52(48,49)29(28)2/h7,12-13,15-16,18,21-22,28-29,32,35H,8-11,14,17,19-20,23-27H2,1-6H3,(H,43,47)/b18-7+/t28-,29+,32-,35+,40-,41-/m0/s1. The summed E-state index contributed by atoms with van der Waals surface area (Å²) in [6.45, 7) is 11.0. The Hall–Kier alpha value is -2.63. The average Bonchev–Trinajstić information content (AvgIpc) is 3.23. The minimum absolute atomic E-state index is 0.183. The molecule has 3 heterocycles. The lowest BCUT2D eigenvalue weighted by atomic mass is 9.62. The van der Waals surface area contributed by atoms with E-state index in [2.05, 4.69) is 64.7 Å². The molecule has 1 saturated heterocycles. The molecule has 1 spiro atoms. The molecule has 2 aliphatic carbocycles. The number of methoxy groups -OCH3 is 1. The monoisotopic (exact) mass is 752 g/mol. The van der Waals surface area contributed by atoms with Crippen molar-refractivity contribution in [3.63, 3.8) is 0 Å². The van der Waals surface area contributed by atoms with Gasteiger partial charge in [-0.05, 0) is 132 Å². The van der Waals surface area contributed by atoms with Crippen LogP contribution in [0.5, 0.6) is 5.75 Å². The zero-order valence-corrected chi connectivity index (χ0v) is 33.4. The molecule has 0 aromatic heterocycles. The number of likely N-dealkylation sites (N-methyl/N-ethyl adjacent to an activating group) is 1. The van der Waals surface area contributed by atoms with Crippen molar-refractivity contribution in [2.24, 2.45) is 17.8 Å². The number of benzene rings is 2. The van der Waals surface area contributed by atoms with E-state index in [0.29, 0.717) is 24.5 Å². The Balaban J connectivity index is 1.27. The molecule has 11 heteroatoms. The highest BCUT2D eigenvalue weighted by Gasteiger charge is 2.50. The molecule has 2 aromatic rings. The first-order chi connectivity index (χ1) is 24.7. The van der Waals surface area contributed by atoms with E-state index in [9.17, 15) is 13.2 Å². The fourth-order valence-electron chi connectivity index (χ4n) is 9.63. The number of halogens is 1. The van der Waals surface area contributed by atoms with Gasteiger partial charge in [0.1, 0.15) is 5.75 Å². The number of sulfonamides is 1. The molecule has 2 bridgehead atoms. The van der Waals surface area contributed by atoms with Crippen LogP contribution in [-0.4, -0.2) is 101 Å². The second kappa shape index (κ2) is 14.2. The van der Waals surface area contributed by atoms with Crippen molar-refractivity contribution in [1.29, 1.82) is 0 Å². The Morgan fingerprint density at radius 3 is 2.60 bits per heavy atom. The van der Waals surface area contributed by atoms with Gasteiger partial charge in [0.05, 0.1) is 23.1 Å². The molecule has 9 nitrogen and oxygen atoms in total. The fourth-order valence-corrected chi connectivity index (χ4v) is 11.1. The van der Waals surface area contributed by atoms with Crippen LogP contribution in [0.25, 0.3) is 0 Å². The summed E-state index contributed by atoms with van der Waals surface area (Å²) in [5.41, 5.74) is 3.14. The first kappa shape index (κ1) is 37.7. The predicted molar refractivity (Wildman–Crippen MR) is 208 cm³/mol. The SMILES string of the molecule is CO[C@]1(CCN2CC(C)(N(C)C)C2)/C=C/C[C@H](C)[C@@H](C)S(=O)(=O)NC(=O)c2ccc3c(c2)N(C[C@@H]2CC[C@H]21)C[C@@]1(CCCc2cc(Cl)ccc21)CO3. The maximum atomic E-state index is 13.6. The summed E-state index contributed by atoms with van der Waals surface area (Å²) in [6, 6.07) is 11.7. The topological polar surface area (TPSA) is 91.4 Å². The molecule has 1 saturated carbocycles. The van der Waals surface area contributed by atoms with Crippen LogP contribution in [0.2, 0.25) is 5.02 Å². The van der Waals surface area contributed by atoms with Crippen molar-refractivity contribution < 1.29 is 22.7 Å². The lowest BCUT2D eigenvalue weighted by Gasteiger charge is -2.54. The van der Waals surface area contributed by atoms with Crippen LogP contribution in [0.3, 0.4) is 0 Å². The molecule has 1 amide bonds. The highest BCUT2D eigenvalue weighted by Crippen LogP contribution is 2.50. The normalized spacial score (nSPS) is 33.5. The summed E-state index contributed by atoms with van der Waals surface area (Å²) in [5, 5.41) is -0.0219. The third kappa shape index (κ3) is 6.91. The van der Waals surface area contributed by atoms with Crippen molar-refractivity contribution in [1.82, 2.24) is 14.5 Å². The molecule has 0 radical (unpaired) electrons. The summed E-state index contributed by atoms with van der Waals surface area (Å²) in [5.74, 6) is 0.532. The Bertz CT molecular complexity index is 1810. The molecule has 3 aliphatic heterocycles. The molecule has 52 heavy (non-hydrogen) atoms. The van der Waals surface area contributed by atoms with E-state index >= 15 is 0 Å². The number of hydrogen-bond donors (Lipinski definition) is 1. The largest absolute Gasteiger partial charge is 0.490 e. The quantitative estimate of drug-likeness (QED) is 0.357. The number of aryl methyl sites for hydroxylation is 1. The third-order valence-electron chi connectivity index (χ3n) is 13.6. The van der Waals surface area contributed by atoms with Crippen LogP contribution in [0.15, 0.2) is 48.6 Å². The molecule has 284 valence electrons. The van der Waals surface area contributed by atoms with Crippen molar-refractivity contribution in [3.05, 3.63) is 70.3 Å². The van der Waals surface area contributed by atoms with Gasteiger partial charge in [-0.3, -0.25) is 9.69 Å². The first-order valence-corrected chi connectivity index (χ1v) is 21.1. The lowest BCUT2D eigenvalue weighted by Crippen LogP contribution is -2.67. The van der Waals surface area contributed by atoms with Gasteiger partial charge in [-0.15, -0.1) is 0 Å². The summed E-state index contributed by atoms with van der Waals surface area (Å²) < 4.78 is 42.9. The summed E-state index contributed by atoms with van der Waals surface area (Å²) in [4.78, 5) is 20.9. The van der Waals surface area contributed by atoms with E-state index in [1.54, 1.807) is 13.0 Å². The highest BCUT2D eigenvalue weighted by atomic mass is 35.5. The van der Waals surface area contributed by atoms with E-state index in [1.165, 1.54) is 11.1 Å². The fraction of sp³-hybridized carbons (Fsp3) is 0.634. The number of fused-ring (bicyclic) bond motifs is 4. The second-order valence-electron chi connectivity index (χ2n) is 17.0. The van der Waals surface area contributed by atoms with E-state index < -0.39 is 26.8 Å². The van der Waals surface area contributed by atoms with Crippen molar-refractivity contribution in [2.75, 3.05) is 65.4 Å². The molecule has 2 aromatic carbocycles. The number of nitrogens with one attached hydrogen (secondary N) is 1. The number of ether oxygens (including phenoxy) is 2. The Kier molecular flexibility index (Phi) is 10.3. The van der Waals surface area contributed by atoms with Gasteiger partial charge >= 0.3 is 0 Å². The summed E-state index contributed by atoms with van der Waals surface area (Å²) in [6.07, 6.45) is 11.0. The molecule has 7 rings (SSSR count). The number of anilines is 1. The maximum Gasteiger partial charge on any atom is 0.264 e. The van der Waals surface area contributed by atoms with Crippen molar-refractivity contribution in [2.45, 2.75) is 87.5 Å². The number of nitrogens with zero attached hydrogens (tertiary/aromatic N) is 3. The van der Waals surface area contributed by atoms with Crippen LogP contribution in [0.1, 0.15) is 80.8 Å². The number of carbonyl (C=O) groups excluding carboxylic acids is 1. The number of carbonyl (C=O) groups is 1. The Morgan fingerprint density at radius 2 is 1.88 bits per heavy atom. The maximum absolute atomic E-state index is 13.6. The summed E-state index contributed by atoms with van der Waals surface area (Å²) >= 11 is 6.50. The van der Waals surface area contributed by atoms with E-state index in [4.69, 9.17) is 21.1 Å². The number of allylic oxidation sites excluding steroid dienone is 1. The Morgan fingerprint density at radius 1 is 1.10 bits per heavy atom. The van der Waals surface area contributed by atoms with Gasteiger partial charge in [-0.25, -0.2) is 13.1 Å². The van der Waals surface area contributed by atoms with Gasteiger partial charge in [-0.1, -0.05) is 36.7 Å². The van der Waals surface area contributed by atoms with E-state index in [1.807, 2.05) is 32.2 Å². The lowest BCUT2D eigenvalue weighted by molar-refractivity contribution is -0.0941. The van der Waals surface area contributed by atoms with Crippen LogP contribution < -0.4 is 14.4 Å². The molecular formula is C41H57ClN4O5S. The number of likely N-dealkylation sites (tertiary alicyclic amines) is 1. The highest BCUT2D eigenvalue weighted by molar-refractivity contribution is 7.90. The molecule has 5 aliphatic rings. The van der Waals surface area contributed by atoms with Gasteiger partial charge in [0.25, 0.3) is 5.91 Å². The smallest absolute Gasteiger partial charge is 0.264 e. The van der Waals surface area contributed by atoms with Crippen LogP contribution in [-0.2, 0) is 26.6 Å². The Labute approximate surface area is 316 Å². The number of amides is 1. The molecule has 0 unspecified atom stereocenters. The van der Waals surface area contributed by atoms with Gasteiger partial charge in [0.2, 0.25) is 10.0 Å². The summed E-state index contributed by atoms with van der Waals surface area (Å²) in [7, 11) is 2.22. The van der Waals surface area contributed by atoms with E-state index in [-0.39, 0.29) is 22.8 Å². The van der Waals surface area contributed by atoms with E-state index in [0.717, 1.165) is 87.7 Å². The third-order valence-corrected chi connectivity index (χ3v) is 15.8. The zero-order valence-electron chi connectivity index (χ0n) is 31.8. The van der Waals surface area contributed by atoms with Gasteiger partial charge < -0.3 is 19.3 Å². The van der Waals surface area contributed by atoms with Gasteiger partial charge in [-0.2, -0.15) is 0 Å². The van der Waals surface area contributed by atoms with Gasteiger partial charge in [0, 0.05) is 61.4 Å². The number of rotatable bonds is 5. The van der Waals surface area contributed by atoms with Crippen LogP contribution in [0.4, 0.5) is 5.69 Å². The first-order valence-electron chi connectivity index (χ1n) is 19.2. The predicted octanol–water partition coefficient (Wildman–Crippen LogP) is 6.29. The minimum atomic E-state index is -3.95. The van der Waals surface area contributed by atoms with Crippen LogP contribution in [0, 0.1) is 17.8 Å².